The summed E-state index contributed by atoms with van der Waals surface area (Å²) >= 11 is 0. The van der Waals surface area contributed by atoms with Crippen molar-refractivity contribution < 1.29 is 17.0 Å². The molecule has 0 atom stereocenters. The van der Waals surface area contributed by atoms with Crippen LogP contribution < -0.4 is 32.9 Å². The molecule has 1 aromatic heterocycles. The Balaban J connectivity index is 0.00000289. The first-order valence-corrected chi connectivity index (χ1v) is 15.8. The van der Waals surface area contributed by atoms with Crippen LogP contribution in [0.15, 0.2) is 146 Å². The number of rotatable bonds is 7. The molecule has 1 nitrogen and oxygen atoms in total. The number of halogens is 1. The van der Waals surface area contributed by atoms with E-state index in [9.17, 15) is 0 Å². The summed E-state index contributed by atoms with van der Waals surface area (Å²) < 4.78 is 0. The number of hydrogen-bond acceptors (Lipinski definition) is 1. The van der Waals surface area contributed by atoms with Gasteiger partial charge in [-0.25, -0.2) is 0 Å². The highest BCUT2D eigenvalue weighted by Crippen LogP contribution is 2.60. The Bertz CT molecular complexity index is 1620. The molecule has 0 radical (unpaired) electrons. The van der Waals surface area contributed by atoms with Crippen molar-refractivity contribution in [1.82, 2.24) is 4.98 Å². The molecule has 0 unspecified atom stereocenters. The molecule has 1 heterocycles. The summed E-state index contributed by atoms with van der Waals surface area (Å²) in [7, 11) is -2.08. The molecule has 1 fully saturated rings. The number of hydrogen-bond donors (Lipinski definition) is 0. The van der Waals surface area contributed by atoms with Crippen LogP contribution in [0.4, 0.5) is 0 Å². The van der Waals surface area contributed by atoms with Gasteiger partial charge in [-0.3, -0.25) is 4.98 Å². The van der Waals surface area contributed by atoms with E-state index in [0.29, 0.717) is 5.92 Å². The summed E-state index contributed by atoms with van der Waals surface area (Å²) in [5, 5.41) is 5.49. The standard InChI is InChI=1S/C37H31NP.BrH/c1-5-15-28(16-6-1)36-33-23-13-14-24-35(33)38-37(29-25-26-29)34(36)27-39(30-17-7-2-8-18-30,31-19-9-3-10-20-31)32-21-11-4-12-22-32;/h1-24,29H,25-27H2;1H/q+1;/p-1. The number of para-hydroxylation sites is 1. The van der Waals surface area contributed by atoms with Crippen molar-refractivity contribution in [2.24, 2.45) is 0 Å². The van der Waals surface area contributed by atoms with Crippen LogP contribution in [-0.2, 0) is 6.16 Å². The maximum Gasteiger partial charge on any atom is 0.116 e. The molecule has 196 valence electrons. The number of aromatic nitrogens is 1. The van der Waals surface area contributed by atoms with Gasteiger partial charge in [-0.15, -0.1) is 0 Å². The monoisotopic (exact) mass is 599 g/mol. The lowest BCUT2D eigenvalue weighted by Crippen LogP contribution is -3.00. The van der Waals surface area contributed by atoms with Crippen LogP contribution in [0.2, 0.25) is 0 Å². The fourth-order valence-corrected chi connectivity index (χ4v) is 10.3. The molecule has 3 heteroatoms. The van der Waals surface area contributed by atoms with Gasteiger partial charge in [-0.05, 0) is 66.4 Å². The molecule has 1 aliphatic rings. The van der Waals surface area contributed by atoms with Gasteiger partial charge in [0.2, 0.25) is 0 Å². The zero-order valence-electron chi connectivity index (χ0n) is 22.3. The first kappa shape index (κ1) is 26.6. The Morgan fingerprint density at radius 2 is 1.00 bits per heavy atom. The first-order valence-electron chi connectivity index (χ1n) is 13.9. The van der Waals surface area contributed by atoms with Crippen LogP contribution in [-0.4, -0.2) is 4.98 Å². The smallest absolute Gasteiger partial charge is 0.116 e. The van der Waals surface area contributed by atoms with Gasteiger partial charge in [-0.1, -0.05) is 103 Å². The highest BCUT2D eigenvalue weighted by Gasteiger charge is 2.47. The molecular weight excluding hydrogens is 569 g/mol. The molecule has 0 bridgehead atoms. The summed E-state index contributed by atoms with van der Waals surface area (Å²) in [5.74, 6) is 0.538. The van der Waals surface area contributed by atoms with E-state index in [1.807, 2.05) is 0 Å². The Hall–Kier alpha value is -3.58. The molecule has 0 amide bonds. The third kappa shape index (κ3) is 4.81. The minimum absolute atomic E-state index is 0. The zero-order chi connectivity index (χ0) is 26.1. The van der Waals surface area contributed by atoms with E-state index in [2.05, 4.69) is 146 Å². The van der Waals surface area contributed by atoms with Gasteiger partial charge in [0.1, 0.15) is 29.3 Å². The molecule has 7 rings (SSSR count). The number of fused-ring (bicyclic) bond motifs is 1. The van der Waals surface area contributed by atoms with Crippen molar-refractivity contribution >= 4 is 34.1 Å². The van der Waals surface area contributed by atoms with Crippen LogP contribution in [0.25, 0.3) is 22.0 Å². The minimum atomic E-state index is -2.08. The van der Waals surface area contributed by atoms with Gasteiger partial charge >= 0.3 is 0 Å². The van der Waals surface area contributed by atoms with E-state index in [-0.39, 0.29) is 17.0 Å². The van der Waals surface area contributed by atoms with Crippen molar-refractivity contribution in [3.05, 3.63) is 157 Å². The van der Waals surface area contributed by atoms with E-state index >= 15 is 0 Å². The molecule has 0 aliphatic heterocycles. The summed E-state index contributed by atoms with van der Waals surface area (Å²) in [6, 6.07) is 53.4. The third-order valence-electron chi connectivity index (χ3n) is 8.04. The van der Waals surface area contributed by atoms with Crippen molar-refractivity contribution in [2.75, 3.05) is 0 Å². The average Bonchev–Trinajstić information content (AvgIpc) is 3.87. The molecule has 5 aromatic carbocycles. The predicted molar refractivity (Wildman–Crippen MR) is 168 cm³/mol. The predicted octanol–water partition coefficient (Wildman–Crippen LogP) is 5.28. The molecule has 1 aliphatic carbocycles. The van der Waals surface area contributed by atoms with Gasteiger partial charge in [0.05, 0.1) is 11.2 Å². The van der Waals surface area contributed by atoms with E-state index in [0.717, 1.165) is 11.7 Å². The van der Waals surface area contributed by atoms with Crippen LogP contribution in [0.3, 0.4) is 0 Å². The Labute approximate surface area is 248 Å². The van der Waals surface area contributed by atoms with Crippen LogP contribution in [0, 0.1) is 0 Å². The normalized spacial score (nSPS) is 13.1. The molecule has 6 aromatic rings. The van der Waals surface area contributed by atoms with Gasteiger partial charge in [0, 0.05) is 16.9 Å². The lowest BCUT2D eigenvalue weighted by atomic mass is 9.93. The van der Waals surface area contributed by atoms with E-state index in [1.165, 1.54) is 56.5 Å². The summed E-state index contributed by atoms with van der Waals surface area (Å²) in [4.78, 5) is 5.41. The second-order valence-corrected chi connectivity index (χ2v) is 14.0. The lowest BCUT2D eigenvalue weighted by Gasteiger charge is -2.30. The van der Waals surface area contributed by atoms with Gasteiger partial charge in [0.15, 0.2) is 0 Å². The quantitative estimate of drug-likeness (QED) is 0.228. The van der Waals surface area contributed by atoms with Crippen molar-refractivity contribution in [3.63, 3.8) is 0 Å². The maximum absolute atomic E-state index is 5.41. The van der Waals surface area contributed by atoms with Crippen LogP contribution >= 0.6 is 7.26 Å². The highest BCUT2D eigenvalue weighted by molar-refractivity contribution is 7.95. The second kappa shape index (κ2) is 11.5. The van der Waals surface area contributed by atoms with E-state index < -0.39 is 7.26 Å². The van der Waals surface area contributed by atoms with Crippen LogP contribution in [0.5, 0.6) is 0 Å². The zero-order valence-corrected chi connectivity index (χ0v) is 24.8. The largest absolute Gasteiger partial charge is 1.00 e. The van der Waals surface area contributed by atoms with Gasteiger partial charge in [-0.2, -0.15) is 0 Å². The van der Waals surface area contributed by atoms with E-state index in [4.69, 9.17) is 4.98 Å². The van der Waals surface area contributed by atoms with Crippen molar-refractivity contribution in [3.8, 4) is 11.1 Å². The topological polar surface area (TPSA) is 12.9 Å². The highest BCUT2D eigenvalue weighted by atomic mass is 79.9. The number of benzene rings is 5. The maximum atomic E-state index is 5.41. The Morgan fingerprint density at radius 1 is 0.550 bits per heavy atom. The fourth-order valence-electron chi connectivity index (χ4n) is 6.07. The lowest BCUT2D eigenvalue weighted by molar-refractivity contribution is -0.00000750. The molecule has 0 N–H and O–H groups in total. The average molecular weight is 601 g/mol. The van der Waals surface area contributed by atoms with Crippen LogP contribution in [0.1, 0.15) is 30.0 Å². The van der Waals surface area contributed by atoms with Crippen molar-refractivity contribution in [1.29, 1.82) is 0 Å². The van der Waals surface area contributed by atoms with Gasteiger partial charge < -0.3 is 17.0 Å². The fraction of sp³-hybridized carbons (Fsp3) is 0.108. The summed E-state index contributed by atoms with van der Waals surface area (Å²) in [6.07, 6.45) is 3.39. The van der Waals surface area contributed by atoms with Gasteiger partial charge in [0.25, 0.3) is 0 Å². The number of nitrogens with zero attached hydrogens (tertiary/aromatic N) is 1. The Kier molecular flexibility index (Phi) is 7.65. The minimum Gasteiger partial charge on any atom is -1.00 e. The summed E-state index contributed by atoms with van der Waals surface area (Å²) in [6.45, 7) is 0. The number of pyridine rings is 1. The molecule has 0 saturated heterocycles. The third-order valence-corrected chi connectivity index (χ3v) is 12.4. The molecule has 1 saturated carbocycles. The summed E-state index contributed by atoms with van der Waals surface area (Å²) in [5.41, 5.74) is 6.47. The first-order chi connectivity index (χ1) is 19.3. The second-order valence-electron chi connectivity index (χ2n) is 10.5. The Morgan fingerprint density at radius 3 is 1.50 bits per heavy atom. The molecule has 0 spiro atoms. The SMILES string of the molecule is [Br-].c1ccc(-c2c(C[P+](c3ccccc3)(c3ccccc3)c3ccccc3)c(C3CC3)nc3ccccc23)cc1. The van der Waals surface area contributed by atoms with E-state index in [1.54, 1.807) is 0 Å². The molecular formula is C37H31BrNP. The van der Waals surface area contributed by atoms with Crippen molar-refractivity contribution in [2.45, 2.75) is 24.9 Å². The molecule has 40 heavy (non-hydrogen) atoms.